The maximum absolute atomic E-state index is 12.1. The molecule has 12 heavy (non-hydrogen) atoms. The van der Waals surface area contributed by atoms with Gasteiger partial charge in [0.2, 0.25) is 0 Å². The van der Waals surface area contributed by atoms with Crippen molar-refractivity contribution in [3.8, 4) is 0 Å². The first kappa shape index (κ1) is 9.80. The number of rotatable bonds is 0. The molecule has 2 N–H and O–H groups in total. The van der Waals surface area contributed by atoms with Crippen LogP contribution in [0.5, 0.6) is 0 Å². The highest BCUT2D eigenvalue weighted by Crippen LogP contribution is 2.27. The molecule has 0 saturated carbocycles. The van der Waals surface area contributed by atoms with Crippen molar-refractivity contribution in [1.29, 1.82) is 0 Å². The fourth-order valence-electron chi connectivity index (χ4n) is 1.48. The van der Waals surface area contributed by atoms with Crippen molar-refractivity contribution < 1.29 is 18.3 Å². The fraction of sp³-hybridized carbons (Fsp3) is 1.00. The summed E-state index contributed by atoms with van der Waals surface area (Å²) in [6, 6.07) is -1.81. The second kappa shape index (κ2) is 3.22. The summed E-state index contributed by atoms with van der Waals surface area (Å²) in [6.45, 7) is 1.64. The molecule has 0 aliphatic carbocycles. The van der Waals surface area contributed by atoms with E-state index in [2.05, 4.69) is 5.32 Å². The van der Waals surface area contributed by atoms with Gasteiger partial charge in [-0.1, -0.05) is 0 Å². The summed E-state index contributed by atoms with van der Waals surface area (Å²) >= 11 is 0. The SMILES string of the molecule is CC1CC(O)CC(C(F)(F)F)N1. The van der Waals surface area contributed by atoms with E-state index >= 15 is 0 Å². The van der Waals surface area contributed by atoms with Gasteiger partial charge in [0.15, 0.2) is 0 Å². The molecule has 1 aliphatic heterocycles. The Morgan fingerprint density at radius 1 is 1.33 bits per heavy atom. The lowest BCUT2D eigenvalue weighted by Gasteiger charge is -2.33. The van der Waals surface area contributed by atoms with Gasteiger partial charge < -0.3 is 10.4 Å². The number of nitrogens with one attached hydrogen (secondary N) is 1. The van der Waals surface area contributed by atoms with E-state index in [9.17, 15) is 13.2 Å². The molecule has 1 saturated heterocycles. The number of aliphatic hydroxyl groups is 1. The van der Waals surface area contributed by atoms with Crippen molar-refractivity contribution in [2.45, 2.75) is 44.1 Å². The number of hydrogen-bond acceptors (Lipinski definition) is 2. The van der Waals surface area contributed by atoms with E-state index < -0.39 is 18.3 Å². The summed E-state index contributed by atoms with van der Waals surface area (Å²) < 4.78 is 36.3. The van der Waals surface area contributed by atoms with Crippen molar-refractivity contribution in [2.75, 3.05) is 0 Å². The number of piperidine rings is 1. The third kappa shape index (κ3) is 2.35. The maximum Gasteiger partial charge on any atom is 0.403 e. The van der Waals surface area contributed by atoms with Crippen LogP contribution in [0, 0.1) is 0 Å². The zero-order valence-corrected chi connectivity index (χ0v) is 6.73. The Hall–Kier alpha value is -0.290. The smallest absolute Gasteiger partial charge is 0.393 e. The lowest BCUT2D eigenvalue weighted by atomic mass is 9.96. The minimum atomic E-state index is -4.24. The van der Waals surface area contributed by atoms with Crippen LogP contribution in [0.2, 0.25) is 0 Å². The molecule has 1 rings (SSSR count). The standard InChI is InChI=1S/C7H12F3NO/c1-4-2-5(12)3-6(11-4)7(8,9)10/h4-6,11-12H,2-3H2,1H3. The fourth-order valence-corrected chi connectivity index (χ4v) is 1.48. The van der Waals surface area contributed by atoms with Gasteiger partial charge in [0, 0.05) is 6.04 Å². The Morgan fingerprint density at radius 3 is 2.33 bits per heavy atom. The molecule has 0 aromatic carbocycles. The summed E-state index contributed by atoms with van der Waals surface area (Å²) in [6.07, 6.45) is -4.90. The van der Waals surface area contributed by atoms with E-state index in [-0.39, 0.29) is 12.5 Å². The number of halogens is 3. The molecule has 1 heterocycles. The molecule has 0 amide bonds. The van der Waals surface area contributed by atoms with Crippen LogP contribution in [0.1, 0.15) is 19.8 Å². The Balaban J connectivity index is 2.55. The minimum Gasteiger partial charge on any atom is -0.393 e. The Morgan fingerprint density at radius 2 is 1.92 bits per heavy atom. The molecule has 1 aliphatic rings. The predicted octanol–water partition coefficient (Wildman–Crippen LogP) is 1.05. The molecule has 1 fully saturated rings. The molecule has 5 heteroatoms. The van der Waals surface area contributed by atoms with E-state index in [1.54, 1.807) is 6.92 Å². The molecule has 0 aromatic rings. The lowest BCUT2D eigenvalue weighted by Crippen LogP contribution is -2.53. The number of alkyl halides is 3. The topological polar surface area (TPSA) is 32.3 Å². The van der Waals surface area contributed by atoms with Crippen LogP contribution in [-0.2, 0) is 0 Å². The van der Waals surface area contributed by atoms with Gasteiger partial charge in [-0.3, -0.25) is 0 Å². The normalized spacial score (nSPS) is 38.2. The van der Waals surface area contributed by atoms with Gasteiger partial charge in [-0.15, -0.1) is 0 Å². The van der Waals surface area contributed by atoms with Gasteiger partial charge in [0.25, 0.3) is 0 Å². The van der Waals surface area contributed by atoms with Gasteiger partial charge >= 0.3 is 6.18 Å². The van der Waals surface area contributed by atoms with Crippen molar-refractivity contribution in [2.24, 2.45) is 0 Å². The molecule has 0 aromatic heterocycles. The third-order valence-corrected chi connectivity index (χ3v) is 2.01. The van der Waals surface area contributed by atoms with Gasteiger partial charge in [-0.05, 0) is 19.8 Å². The van der Waals surface area contributed by atoms with Gasteiger partial charge in [-0.25, -0.2) is 0 Å². The number of hydrogen-bond donors (Lipinski definition) is 2. The zero-order valence-electron chi connectivity index (χ0n) is 6.73. The highest BCUT2D eigenvalue weighted by molar-refractivity contribution is 4.87. The Kier molecular flexibility index (Phi) is 2.63. The molecule has 72 valence electrons. The first-order chi connectivity index (χ1) is 5.39. The second-order valence-corrected chi connectivity index (χ2v) is 3.29. The summed E-state index contributed by atoms with van der Waals surface area (Å²) in [5, 5.41) is 11.5. The van der Waals surface area contributed by atoms with Crippen LogP contribution < -0.4 is 5.32 Å². The van der Waals surface area contributed by atoms with E-state index in [0.717, 1.165) is 0 Å². The molecule has 2 nitrogen and oxygen atoms in total. The average Bonchev–Trinajstić information content (AvgIpc) is 1.82. The van der Waals surface area contributed by atoms with E-state index in [1.807, 2.05) is 0 Å². The van der Waals surface area contributed by atoms with Crippen molar-refractivity contribution in [3.63, 3.8) is 0 Å². The second-order valence-electron chi connectivity index (χ2n) is 3.29. The van der Waals surface area contributed by atoms with Crippen LogP contribution in [0.25, 0.3) is 0 Å². The summed E-state index contributed by atoms with van der Waals surface area (Å²) in [7, 11) is 0. The average molecular weight is 183 g/mol. The van der Waals surface area contributed by atoms with Crippen LogP contribution >= 0.6 is 0 Å². The molecular weight excluding hydrogens is 171 g/mol. The summed E-state index contributed by atoms with van der Waals surface area (Å²) in [4.78, 5) is 0. The summed E-state index contributed by atoms with van der Waals surface area (Å²) in [5.74, 6) is 0. The third-order valence-electron chi connectivity index (χ3n) is 2.01. The molecule has 0 radical (unpaired) electrons. The van der Waals surface area contributed by atoms with Gasteiger partial charge in [0.1, 0.15) is 6.04 Å². The largest absolute Gasteiger partial charge is 0.403 e. The molecule has 3 unspecified atom stereocenters. The Labute approximate surface area is 68.8 Å². The molecule has 3 atom stereocenters. The van der Waals surface area contributed by atoms with Crippen molar-refractivity contribution >= 4 is 0 Å². The van der Waals surface area contributed by atoms with E-state index in [0.29, 0.717) is 6.42 Å². The van der Waals surface area contributed by atoms with Crippen LogP contribution in [0.4, 0.5) is 13.2 Å². The maximum atomic E-state index is 12.1. The van der Waals surface area contributed by atoms with Gasteiger partial charge in [0.05, 0.1) is 6.10 Å². The van der Waals surface area contributed by atoms with Crippen molar-refractivity contribution in [3.05, 3.63) is 0 Å². The summed E-state index contributed by atoms with van der Waals surface area (Å²) in [5.41, 5.74) is 0. The van der Waals surface area contributed by atoms with Gasteiger partial charge in [-0.2, -0.15) is 13.2 Å². The van der Waals surface area contributed by atoms with Crippen LogP contribution in [-0.4, -0.2) is 29.5 Å². The molecular formula is C7H12F3NO. The predicted molar refractivity (Wildman–Crippen MR) is 37.7 cm³/mol. The zero-order chi connectivity index (χ0) is 9.35. The van der Waals surface area contributed by atoms with E-state index in [4.69, 9.17) is 5.11 Å². The highest BCUT2D eigenvalue weighted by atomic mass is 19.4. The van der Waals surface area contributed by atoms with Crippen LogP contribution in [0.15, 0.2) is 0 Å². The van der Waals surface area contributed by atoms with E-state index in [1.165, 1.54) is 0 Å². The first-order valence-electron chi connectivity index (χ1n) is 3.90. The molecule has 0 spiro atoms. The monoisotopic (exact) mass is 183 g/mol. The highest BCUT2D eigenvalue weighted by Gasteiger charge is 2.43. The molecule has 0 bridgehead atoms. The quantitative estimate of drug-likeness (QED) is 0.588. The first-order valence-corrected chi connectivity index (χ1v) is 3.90. The minimum absolute atomic E-state index is 0.228. The number of aliphatic hydroxyl groups excluding tert-OH is 1. The lowest BCUT2D eigenvalue weighted by molar-refractivity contribution is -0.170. The van der Waals surface area contributed by atoms with Crippen LogP contribution in [0.3, 0.4) is 0 Å². The van der Waals surface area contributed by atoms with Crippen molar-refractivity contribution in [1.82, 2.24) is 5.32 Å². The Bertz CT molecular complexity index is 149.